The lowest BCUT2D eigenvalue weighted by Crippen LogP contribution is -2.54. The number of hydrogen-bond donors (Lipinski definition) is 2. The number of carbonyl (C=O) groups is 1. The number of fused-ring (bicyclic) bond motifs is 1. The van der Waals surface area contributed by atoms with Crippen LogP contribution in [-0.2, 0) is 9.53 Å². The van der Waals surface area contributed by atoms with Gasteiger partial charge in [-0.05, 0) is 31.7 Å². The van der Waals surface area contributed by atoms with Crippen molar-refractivity contribution in [1.29, 1.82) is 0 Å². The van der Waals surface area contributed by atoms with E-state index in [4.69, 9.17) is 9.15 Å². The van der Waals surface area contributed by atoms with Gasteiger partial charge in [0.1, 0.15) is 17.8 Å². The van der Waals surface area contributed by atoms with Crippen molar-refractivity contribution in [1.82, 2.24) is 25.9 Å². The summed E-state index contributed by atoms with van der Waals surface area (Å²) in [7, 11) is 1.67. The van der Waals surface area contributed by atoms with E-state index in [1.807, 2.05) is 0 Å². The van der Waals surface area contributed by atoms with Crippen molar-refractivity contribution in [2.45, 2.75) is 68.9 Å². The first-order chi connectivity index (χ1) is 16.3. The van der Waals surface area contributed by atoms with E-state index in [1.165, 1.54) is 0 Å². The van der Waals surface area contributed by atoms with Gasteiger partial charge in [0, 0.05) is 18.7 Å². The monoisotopic (exact) mass is 477 g/mol. The number of rotatable bonds is 4. The molecule has 3 heterocycles. The molecule has 1 amide bonds. The van der Waals surface area contributed by atoms with Gasteiger partial charge in [0.15, 0.2) is 0 Å². The van der Waals surface area contributed by atoms with Gasteiger partial charge in [-0.25, -0.2) is 10.4 Å². The number of hydrazine groups is 1. The summed E-state index contributed by atoms with van der Waals surface area (Å²) >= 11 is 0. The Morgan fingerprint density at radius 1 is 1.18 bits per heavy atom. The third-order valence-electron chi connectivity index (χ3n) is 6.93. The molecule has 3 aliphatic rings. The van der Waals surface area contributed by atoms with E-state index in [0.29, 0.717) is 17.2 Å². The molecule has 8 nitrogen and oxygen atoms in total. The van der Waals surface area contributed by atoms with Crippen LogP contribution in [0.1, 0.15) is 61.8 Å². The summed E-state index contributed by atoms with van der Waals surface area (Å²) in [6, 6.07) is 6.44. The van der Waals surface area contributed by atoms with E-state index in [0.717, 1.165) is 30.7 Å². The van der Waals surface area contributed by atoms with Gasteiger partial charge in [-0.2, -0.15) is 13.2 Å². The van der Waals surface area contributed by atoms with Gasteiger partial charge in [0.05, 0.1) is 12.0 Å². The Balaban J connectivity index is 1.45. The van der Waals surface area contributed by atoms with Gasteiger partial charge < -0.3 is 14.5 Å². The molecule has 2 aliphatic heterocycles. The molecular weight excluding hydrogens is 451 g/mol. The second-order valence-corrected chi connectivity index (χ2v) is 9.02. The fourth-order valence-electron chi connectivity index (χ4n) is 5.23. The molecule has 11 heteroatoms. The molecule has 0 spiro atoms. The number of benzene rings is 1. The number of carbonyl (C=O) groups excluding carboxylic acids is 1. The quantitative estimate of drug-likeness (QED) is 0.697. The maximum absolute atomic E-state index is 14.0. The predicted molar refractivity (Wildman–Crippen MR) is 115 cm³/mol. The zero-order valence-corrected chi connectivity index (χ0v) is 18.8. The Labute approximate surface area is 194 Å². The zero-order valence-electron chi connectivity index (χ0n) is 18.8. The van der Waals surface area contributed by atoms with Gasteiger partial charge in [-0.3, -0.25) is 4.79 Å². The van der Waals surface area contributed by atoms with Crippen LogP contribution < -0.4 is 10.7 Å². The second-order valence-electron chi connectivity index (χ2n) is 9.02. The zero-order chi connectivity index (χ0) is 24.0. The second kappa shape index (κ2) is 8.70. The lowest BCUT2D eigenvalue weighted by atomic mass is 9.87. The molecule has 182 valence electrons. The largest absolute Gasteiger partial charge is 0.420 e. The molecule has 5 atom stereocenters. The van der Waals surface area contributed by atoms with Crippen molar-refractivity contribution in [3.63, 3.8) is 0 Å². The van der Waals surface area contributed by atoms with Gasteiger partial charge in [-0.1, -0.05) is 36.8 Å². The van der Waals surface area contributed by atoms with Crippen LogP contribution in [0.5, 0.6) is 0 Å². The van der Waals surface area contributed by atoms with Crippen molar-refractivity contribution < 1.29 is 27.1 Å². The van der Waals surface area contributed by atoms with Gasteiger partial charge in [0.2, 0.25) is 5.89 Å². The van der Waals surface area contributed by atoms with E-state index in [1.54, 1.807) is 44.4 Å². The molecule has 5 rings (SSSR count). The Bertz CT molecular complexity index is 1090. The normalized spacial score (nSPS) is 29.9. The fraction of sp³-hybridized carbons (Fsp3) is 0.522. The van der Waals surface area contributed by atoms with E-state index < -0.39 is 30.2 Å². The number of aromatic nitrogens is 2. The first kappa shape index (κ1) is 22.9. The topological polar surface area (TPSA) is 92.5 Å². The number of nitrogens with zero attached hydrogens (tertiary/aromatic N) is 3. The number of nitrogens with one attached hydrogen (secondary N) is 2. The van der Waals surface area contributed by atoms with Crippen LogP contribution in [0.2, 0.25) is 0 Å². The van der Waals surface area contributed by atoms with Crippen LogP contribution in [0.15, 0.2) is 40.4 Å². The number of methoxy groups -OCH3 is 1. The van der Waals surface area contributed by atoms with Gasteiger partial charge >= 0.3 is 6.18 Å². The molecule has 4 unspecified atom stereocenters. The Hall–Kier alpha value is -2.92. The maximum Gasteiger partial charge on any atom is 0.406 e. The highest BCUT2D eigenvalue weighted by molar-refractivity contribution is 6.19. The Morgan fingerprint density at radius 2 is 1.94 bits per heavy atom. The summed E-state index contributed by atoms with van der Waals surface area (Å²) in [4.78, 5) is 13.4. The van der Waals surface area contributed by atoms with Crippen LogP contribution in [0, 0.1) is 0 Å². The summed E-state index contributed by atoms with van der Waals surface area (Å²) in [5.41, 5.74) is 3.33. The van der Waals surface area contributed by atoms with Crippen molar-refractivity contribution in [2.75, 3.05) is 7.11 Å². The van der Waals surface area contributed by atoms with Crippen LogP contribution in [0.3, 0.4) is 0 Å². The number of halogens is 3. The summed E-state index contributed by atoms with van der Waals surface area (Å²) in [5.74, 6) is -1.24. The molecular formula is C23H26F3N5O3. The lowest BCUT2D eigenvalue weighted by Gasteiger charge is -2.34. The van der Waals surface area contributed by atoms with Gasteiger partial charge in [0.25, 0.3) is 11.8 Å². The summed E-state index contributed by atoms with van der Waals surface area (Å²) in [6.07, 6.45) is -1.85. The van der Waals surface area contributed by atoms with Crippen LogP contribution >= 0.6 is 0 Å². The summed E-state index contributed by atoms with van der Waals surface area (Å²) in [6.45, 7) is 1.64. The molecule has 1 saturated heterocycles. The minimum atomic E-state index is -4.57. The molecule has 0 bridgehead atoms. The van der Waals surface area contributed by atoms with E-state index in [9.17, 15) is 18.0 Å². The lowest BCUT2D eigenvalue weighted by molar-refractivity contribution is -0.161. The van der Waals surface area contributed by atoms with E-state index in [2.05, 4.69) is 20.9 Å². The van der Waals surface area contributed by atoms with Crippen LogP contribution in [-0.4, -0.2) is 52.7 Å². The van der Waals surface area contributed by atoms with Crippen LogP contribution in [0.4, 0.5) is 13.2 Å². The molecule has 1 saturated carbocycles. The first-order valence-corrected chi connectivity index (χ1v) is 11.3. The molecule has 1 aromatic carbocycles. The third kappa shape index (κ3) is 3.96. The van der Waals surface area contributed by atoms with Gasteiger partial charge in [-0.15, -0.1) is 10.2 Å². The Kier molecular flexibility index (Phi) is 5.85. The molecule has 2 fully saturated rings. The molecule has 0 radical (unpaired) electrons. The van der Waals surface area contributed by atoms with Crippen LogP contribution in [0.25, 0.3) is 5.57 Å². The number of alkyl halides is 3. The molecule has 2 aromatic rings. The van der Waals surface area contributed by atoms with Crippen molar-refractivity contribution in [3.05, 3.63) is 53.4 Å². The molecule has 1 aliphatic carbocycles. The van der Waals surface area contributed by atoms with E-state index in [-0.39, 0.29) is 23.5 Å². The van der Waals surface area contributed by atoms with Crippen molar-refractivity contribution in [2.24, 2.45) is 0 Å². The summed E-state index contributed by atoms with van der Waals surface area (Å²) in [5, 5.41) is 12.3. The minimum absolute atomic E-state index is 0.00323. The number of allylic oxidation sites excluding steroid dienone is 1. The fourth-order valence-corrected chi connectivity index (χ4v) is 5.23. The summed E-state index contributed by atoms with van der Waals surface area (Å²) < 4.78 is 53.2. The SMILES string of the molecule is CO[C@H]1CCCC(c2nnc(C3=C(C)NC4C(c5ccccc5)C(C(F)(F)F)NN4C3=O)o2)C1. The highest BCUT2D eigenvalue weighted by Crippen LogP contribution is 2.42. The number of amides is 1. The average molecular weight is 477 g/mol. The predicted octanol–water partition coefficient (Wildman–Crippen LogP) is 3.46. The molecule has 34 heavy (non-hydrogen) atoms. The highest BCUT2D eigenvalue weighted by atomic mass is 19.4. The third-order valence-corrected chi connectivity index (χ3v) is 6.93. The molecule has 1 aromatic heterocycles. The minimum Gasteiger partial charge on any atom is -0.420 e. The molecule has 2 N–H and O–H groups in total. The number of ether oxygens (including phenoxy) is 1. The highest BCUT2D eigenvalue weighted by Gasteiger charge is 2.58. The standard InChI is InChI=1S/C23H26F3N5O3/c1-12-16(21-29-28-20(34-21)14-9-6-10-15(11-14)33-2)22(32)31-19(27-12)17(13-7-4-3-5-8-13)18(30-31)23(24,25)26/h3-5,7-8,14-15,17-19,27,30H,6,9-11H2,1-2H3/t14?,15-,17?,18?,19?/m0/s1. The maximum atomic E-state index is 14.0. The van der Waals surface area contributed by atoms with Crippen molar-refractivity contribution in [3.8, 4) is 0 Å². The van der Waals surface area contributed by atoms with Crippen molar-refractivity contribution >= 4 is 11.5 Å². The van der Waals surface area contributed by atoms with E-state index >= 15 is 0 Å². The first-order valence-electron chi connectivity index (χ1n) is 11.3. The average Bonchev–Trinajstić information content (AvgIpc) is 3.45. The smallest absolute Gasteiger partial charge is 0.406 e. The number of hydrogen-bond acceptors (Lipinski definition) is 7. The Morgan fingerprint density at radius 3 is 2.65 bits per heavy atom.